The maximum atomic E-state index is 8.78. The quantitative estimate of drug-likeness (QED) is 0.393. The Balaban J connectivity index is 2.22. The number of hydrogen-bond acceptors (Lipinski definition) is 3. The minimum atomic E-state index is -0.0130. The van der Waals surface area contributed by atoms with Crippen molar-refractivity contribution in [2.24, 2.45) is 10.9 Å². The van der Waals surface area contributed by atoms with Gasteiger partial charge in [-0.2, -0.15) is 0 Å². The number of oxime groups is 1. The fourth-order valence-corrected chi connectivity index (χ4v) is 2.01. The van der Waals surface area contributed by atoms with E-state index in [1.165, 1.54) is 0 Å². The fourth-order valence-electron chi connectivity index (χ4n) is 1.84. The molecule has 0 spiro atoms. The van der Waals surface area contributed by atoms with Gasteiger partial charge in [-0.15, -0.1) is 0 Å². The van der Waals surface area contributed by atoms with Crippen molar-refractivity contribution >= 4 is 17.4 Å². The van der Waals surface area contributed by atoms with E-state index in [9.17, 15) is 0 Å². The van der Waals surface area contributed by atoms with Gasteiger partial charge in [-0.1, -0.05) is 46.6 Å². The first-order valence-corrected chi connectivity index (χ1v) is 6.43. The number of nitrogens with zero attached hydrogens (tertiary/aromatic N) is 1. The van der Waals surface area contributed by atoms with E-state index in [4.69, 9.17) is 27.3 Å². The highest BCUT2D eigenvalue weighted by Crippen LogP contribution is 2.24. The Hall–Kier alpha value is -2.20. The van der Waals surface area contributed by atoms with Crippen LogP contribution >= 0.6 is 11.6 Å². The summed E-state index contributed by atoms with van der Waals surface area (Å²) in [5.74, 6) is 0.468. The Morgan fingerprint density at radius 1 is 1.30 bits per heavy atom. The van der Waals surface area contributed by atoms with Crippen LogP contribution in [0.3, 0.4) is 0 Å². The molecule has 0 aliphatic rings. The molecule has 3 N–H and O–H groups in total. The number of benzene rings is 2. The summed E-state index contributed by atoms with van der Waals surface area (Å²) in [4.78, 5) is 0. The van der Waals surface area contributed by atoms with Crippen LogP contribution in [0.15, 0.2) is 47.6 Å². The topological polar surface area (TPSA) is 67.8 Å². The van der Waals surface area contributed by atoms with Crippen molar-refractivity contribution in [1.82, 2.24) is 0 Å². The molecule has 0 radical (unpaired) electrons. The lowest BCUT2D eigenvalue weighted by atomic mass is 10.1. The van der Waals surface area contributed by atoms with Crippen LogP contribution in [0.25, 0.3) is 0 Å². The largest absolute Gasteiger partial charge is 0.488 e. The number of rotatable bonds is 4. The molecule has 2 aromatic carbocycles. The molecule has 104 valence electrons. The number of amidine groups is 1. The SMILES string of the molecule is Cc1cccc(COc2cc(Cl)ccc2/C(N)=N/O)c1. The Morgan fingerprint density at radius 3 is 2.80 bits per heavy atom. The highest BCUT2D eigenvalue weighted by atomic mass is 35.5. The average Bonchev–Trinajstić information content (AvgIpc) is 2.44. The molecule has 0 heterocycles. The summed E-state index contributed by atoms with van der Waals surface area (Å²) in [6.07, 6.45) is 0. The van der Waals surface area contributed by atoms with Crippen LogP contribution in [0, 0.1) is 6.92 Å². The van der Waals surface area contributed by atoms with Gasteiger partial charge in [0.25, 0.3) is 0 Å². The second-order valence-electron chi connectivity index (χ2n) is 4.40. The Bertz CT molecular complexity index is 642. The smallest absolute Gasteiger partial charge is 0.173 e. The number of nitrogens with two attached hydrogens (primary N) is 1. The van der Waals surface area contributed by atoms with Crippen LogP contribution < -0.4 is 10.5 Å². The van der Waals surface area contributed by atoms with Crippen molar-refractivity contribution in [2.75, 3.05) is 0 Å². The molecule has 2 aromatic rings. The van der Waals surface area contributed by atoms with Gasteiger partial charge < -0.3 is 15.7 Å². The van der Waals surface area contributed by atoms with E-state index in [1.54, 1.807) is 18.2 Å². The van der Waals surface area contributed by atoms with Crippen LogP contribution in [0.2, 0.25) is 5.02 Å². The molecular weight excluding hydrogens is 276 g/mol. The van der Waals surface area contributed by atoms with Crippen molar-refractivity contribution in [3.63, 3.8) is 0 Å². The van der Waals surface area contributed by atoms with Gasteiger partial charge in [0.05, 0.1) is 5.56 Å². The van der Waals surface area contributed by atoms with Crippen LogP contribution in [0.1, 0.15) is 16.7 Å². The molecule has 0 aliphatic carbocycles. The zero-order valence-corrected chi connectivity index (χ0v) is 11.8. The molecule has 5 heteroatoms. The molecule has 0 aliphatic heterocycles. The van der Waals surface area contributed by atoms with Gasteiger partial charge in [0.2, 0.25) is 0 Å². The van der Waals surface area contributed by atoms with Crippen molar-refractivity contribution in [3.8, 4) is 5.75 Å². The Labute approximate surface area is 122 Å². The zero-order valence-electron chi connectivity index (χ0n) is 11.0. The third-order valence-corrected chi connectivity index (χ3v) is 3.04. The van der Waals surface area contributed by atoms with E-state index in [0.717, 1.165) is 11.1 Å². The number of halogens is 1. The Kier molecular flexibility index (Phi) is 4.48. The number of aryl methyl sites for hydroxylation is 1. The summed E-state index contributed by atoms with van der Waals surface area (Å²) in [6.45, 7) is 2.40. The molecule has 0 saturated heterocycles. The van der Waals surface area contributed by atoms with E-state index >= 15 is 0 Å². The van der Waals surface area contributed by atoms with Crippen LogP contribution in [-0.4, -0.2) is 11.0 Å². The second kappa shape index (κ2) is 6.30. The molecule has 0 atom stereocenters. The summed E-state index contributed by atoms with van der Waals surface area (Å²) in [7, 11) is 0. The van der Waals surface area contributed by atoms with Gasteiger partial charge in [0.1, 0.15) is 12.4 Å². The lowest BCUT2D eigenvalue weighted by Crippen LogP contribution is -2.14. The normalized spacial score (nSPS) is 11.4. The first-order chi connectivity index (χ1) is 9.60. The predicted octanol–water partition coefficient (Wildman–Crippen LogP) is 3.32. The van der Waals surface area contributed by atoms with Gasteiger partial charge in [-0.3, -0.25) is 0 Å². The fraction of sp³-hybridized carbons (Fsp3) is 0.133. The first kappa shape index (κ1) is 14.2. The van der Waals surface area contributed by atoms with Gasteiger partial charge >= 0.3 is 0 Å². The standard InChI is InChI=1S/C15H15ClN2O2/c1-10-3-2-4-11(7-10)9-20-14-8-12(16)5-6-13(14)15(17)18-19/h2-8,19H,9H2,1H3,(H2,17,18). The molecule has 0 aromatic heterocycles. The molecule has 4 nitrogen and oxygen atoms in total. The molecule has 0 saturated carbocycles. The second-order valence-corrected chi connectivity index (χ2v) is 4.84. The molecule has 0 bridgehead atoms. The molecule has 2 rings (SSSR count). The molecule has 0 unspecified atom stereocenters. The highest BCUT2D eigenvalue weighted by molar-refractivity contribution is 6.30. The maximum Gasteiger partial charge on any atom is 0.173 e. The van der Waals surface area contributed by atoms with E-state index in [0.29, 0.717) is 22.9 Å². The molecule has 0 amide bonds. The van der Waals surface area contributed by atoms with Crippen LogP contribution in [0.5, 0.6) is 5.75 Å². The van der Waals surface area contributed by atoms with Crippen molar-refractivity contribution in [1.29, 1.82) is 0 Å². The lowest BCUT2D eigenvalue weighted by Gasteiger charge is -2.11. The van der Waals surface area contributed by atoms with Crippen LogP contribution in [0.4, 0.5) is 0 Å². The predicted molar refractivity (Wildman–Crippen MR) is 79.5 cm³/mol. The molecule has 20 heavy (non-hydrogen) atoms. The van der Waals surface area contributed by atoms with Gasteiger partial charge in [-0.25, -0.2) is 0 Å². The van der Waals surface area contributed by atoms with Crippen LogP contribution in [-0.2, 0) is 6.61 Å². The molecule has 0 fully saturated rings. The summed E-state index contributed by atoms with van der Waals surface area (Å²) >= 11 is 5.95. The lowest BCUT2D eigenvalue weighted by molar-refractivity contribution is 0.303. The monoisotopic (exact) mass is 290 g/mol. The molecular formula is C15H15ClN2O2. The summed E-state index contributed by atoms with van der Waals surface area (Å²) in [6, 6.07) is 13.0. The van der Waals surface area contributed by atoms with E-state index < -0.39 is 0 Å². The third kappa shape index (κ3) is 3.42. The van der Waals surface area contributed by atoms with Crippen molar-refractivity contribution < 1.29 is 9.94 Å². The average molecular weight is 291 g/mol. The maximum absolute atomic E-state index is 8.78. The van der Waals surface area contributed by atoms with Gasteiger partial charge in [0, 0.05) is 5.02 Å². The summed E-state index contributed by atoms with van der Waals surface area (Å²) in [5.41, 5.74) is 8.32. The highest BCUT2D eigenvalue weighted by Gasteiger charge is 2.09. The summed E-state index contributed by atoms with van der Waals surface area (Å²) in [5, 5.41) is 12.3. The minimum Gasteiger partial charge on any atom is -0.488 e. The Morgan fingerprint density at radius 2 is 2.10 bits per heavy atom. The summed E-state index contributed by atoms with van der Waals surface area (Å²) < 4.78 is 5.73. The van der Waals surface area contributed by atoms with E-state index in [1.807, 2.05) is 31.2 Å². The van der Waals surface area contributed by atoms with Gasteiger partial charge in [-0.05, 0) is 30.7 Å². The van der Waals surface area contributed by atoms with Crippen molar-refractivity contribution in [2.45, 2.75) is 13.5 Å². The zero-order chi connectivity index (χ0) is 14.5. The third-order valence-electron chi connectivity index (χ3n) is 2.80. The van der Waals surface area contributed by atoms with Crippen molar-refractivity contribution in [3.05, 3.63) is 64.2 Å². The van der Waals surface area contributed by atoms with E-state index in [2.05, 4.69) is 5.16 Å². The first-order valence-electron chi connectivity index (χ1n) is 6.06. The van der Waals surface area contributed by atoms with Gasteiger partial charge in [0.15, 0.2) is 5.84 Å². The number of hydrogen-bond donors (Lipinski definition) is 2. The number of ether oxygens (including phenoxy) is 1. The van der Waals surface area contributed by atoms with E-state index in [-0.39, 0.29) is 5.84 Å². The minimum absolute atomic E-state index is 0.0130.